The van der Waals surface area contributed by atoms with Crippen molar-refractivity contribution in [3.8, 4) is 0 Å². The van der Waals surface area contributed by atoms with Crippen molar-refractivity contribution in [3.63, 3.8) is 0 Å². The van der Waals surface area contributed by atoms with E-state index in [2.05, 4.69) is 25.9 Å². The molecule has 2 N–H and O–H groups in total. The molecule has 0 amide bonds. The van der Waals surface area contributed by atoms with E-state index in [4.69, 9.17) is 0 Å². The summed E-state index contributed by atoms with van der Waals surface area (Å²) in [5.41, 5.74) is 1.74. The van der Waals surface area contributed by atoms with E-state index in [0.717, 1.165) is 21.0 Å². The third kappa shape index (κ3) is 3.22. The number of aliphatic carboxylic acids is 1. The van der Waals surface area contributed by atoms with E-state index in [0.29, 0.717) is 12.3 Å². The van der Waals surface area contributed by atoms with E-state index in [-0.39, 0.29) is 0 Å². The monoisotopic (exact) mass is 408 g/mol. The lowest BCUT2D eigenvalue weighted by atomic mass is 10.1. The molecule has 2 aromatic rings. The van der Waals surface area contributed by atoms with Crippen molar-refractivity contribution >= 4 is 39.3 Å². The van der Waals surface area contributed by atoms with Crippen LogP contribution in [0.4, 0.5) is 5.69 Å². The molecule has 0 fully saturated rings. The second kappa shape index (κ2) is 7.42. The molecular weight excluding hydrogens is 392 g/mol. The standard InChI is InChI=1S/C16H17BrN4O2S/c1-2-20-13(15(22)23)12(10-24-16-18-8-9-19-16)14(17)21(20)11-6-4-3-5-7-11/h3-9,13H,2,10H2,1H3,(H,18,19)(H,22,23). The van der Waals surface area contributed by atoms with Gasteiger partial charge in [0.2, 0.25) is 0 Å². The third-order valence-corrected chi connectivity index (χ3v) is 5.53. The summed E-state index contributed by atoms with van der Waals surface area (Å²) in [5, 5.41) is 14.3. The van der Waals surface area contributed by atoms with Crippen molar-refractivity contribution in [2.24, 2.45) is 0 Å². The highest BCUT2D eigenvalue weighted by Gasteiger charge is 2.42. The number of para-hydroxylation sites is 1. The van der Waals surface area contributed by atoms with Crippen molar-refractivity contribution in [2.45, 2.75) is 18.1 Å². The largest absolute Gasteiger partial charge is 0.480 e. The molecule has 8 heteroatoms. The van der Waals surface area contributed by atoms with Crippen molar-refractivity contribution in [1.29, 1.82) is 0 Å². The summed E-state index contributed by atoms with van der Waals surface area (Å²) in [6.07, 6.45) is 3.44. The number of imidazole rings is 1. The number of carboxylic acid groups (broad SMARTS) is 1. The smallest absolute Gasteiger partial charge is 0.327 e. The number of carbonyl (C=O) groups is 1. The van der Waals surface area contributed by atoms with Gasteiger partial charge in [0.1, 0.15) is 4.61 Å². The van der Waals surface area contributed by atoms with Crippen molar-refractivity contribution in [3.05, 3.63) is 52.9 Å². The van der Waals surface area contributed by atoms with E-state index in [9.17, 15) is 9.90 Å². The normalized spacial score (nSPS) is 18.4. The molecule has 24 heavy (non-hydrogen) atoms. The van der Waals surface area contributed by atoms with Crippen LogP contribution in [0, 0.1) is 0 Å². The number of thioether (sulfide) groups is 1. The first-order valence-electron chi connectivity index (χ1n) is 7.48. The summed E-state index contributed by atoms with van der Waals surface area (Å²) in [6, 6.07) is 9.04. The number of rotatable bonds is 6. The Morgan fingerprint density at radius 2 is 2.17 bits per heavy atom. The summed E-state index contributed by atoms with van der Waals surface area (Å²) in [4.78, 5) is 19.1. The molecule has 1 aromatic heterocycles. The first kappa shape index (κ1) is 17.1. The zero-order valence-electron chi connectivity index (χ0n) is 13.0. The molecule has 0 saturated carbocycles. The number of nitrogens with one attached hydrogen (secondary N) is 1. The summed E-state index contributed by atoms with van der Waals surface area (Å²) in [5.74, 6) is -0.326. The molecule has 1 aromatic carbocycles. The van der Waals surface area contributed by atoms with Crippen LogP contribution in [0.1, 0.15) is 6.92 Å². The van der Waals surface area contributed by atoms with Gasteiger partial charge < -0.3 is 10.1 Å². The number of hydrazine groups is 1. The van der Waals surface area contributed by atoms with Crippen molar-refractivity contribution in [1.82, 2.24) is 15.0 Å². The number of halogens is 1. The van der Waals surface area contributed by atoms with Gasteiger partial charge in [-0.1, -0.05) is 36.9 Å². The molecule has 1 aliphatic rings. The van der Waals surface area contributed by atoms with Crippen LogP contribution in [0.15, 0.2) is 58.1 Å². The van der Waals surface area contributed by atoms with Gasteiger partial charge in [-0.2, -0.15) is 5.01 Å². The van der Waals surface area contributed by atoms with Gasteiger partial charge in [0, 0.05) is 30.3 Å². The van der Waals surface area contributed by atoms with E-state index >= 15 is 0 Å². The molecule has 0 radical (unpaired) electrons. The van der Waals surface area contributed by atoms with Crippen molar-refractivity contribution < 1.29 is 9.90 Å². The van der Waals surface area contributed by atoms with Crippen LogP contribution in [-0.4, -0.2) is 44.4 Å². The van der Waals surface area contributed by atoms with Gasteiger partial charge in [-0.25, -0.2) is 4.98 Å². The highest BCUT2D eigenvalue weighted by Crippen LogP contribution is 2.39. The quantitative estimate of drug-likeness (QED) is 0.564. The SMILES string of the molecule is CCN1C(C(=O)O)C(CSc2ncc[nH]2)=C(Br)N1c1ccccc1. The Kier molecular flexibility index (Phi) is 5.27. The van der Waals surface area contributed by atoms with Crippen LogP contribution in [-0.2, 0) is 4.79 Å². The van der Waals surface area contributed by atoms with E-state index in [1.54, 1.807) is 12.4 Å². The lowest BCUT2D eigenvalue weighted by Gasteiger charge is -2.32. The highest BCUT2D eigenvalue weighted by molar-refractivity contribution is 9.11. The number of hydrogen-bond donors (Lipinski definition) is 2. The van der Waals surface area contributed by atoms with Gasteiger partial charge in [0.25, 0.3) is 0 Å². The minimum absolute atomic E-state index is 0.533. The van der Waals surface area contributed by atoms with Crippen LogP contribution in [0.3, 0.4) is 0 Å². The van der Waals surface area contributed by atoms with Gasteiger partial charge in [-0.05, 0) is 28.1 Å². The second-order valence-corrected chi connectivity index (χ2v) is 6.86. The lowest BCUT2D eigenvalue weighted by Crippen LogP contribution is -2.46. The van der Waals surface area contributed by atoms with E-state index < -0.39 is 12.0 Å². The molecule has 1 atom stereocenters. The number of benzene rings is 1. The molecule has 0 bridgehead atoms. The van der Waals surface area contributed by atoms with Crippen LogP contribution in [0.5, 0.6) is 0 Å². The first-order chi connectivity index (χ1) is 11.6. The second-order valence-electron chi connectivity index (χ2n) is 5.14. The Morgan fingerprint density at radius 3 is 2.75 bits per heavy atom. The molecule has 0 aliphatic carbocycles. The number of hydrogen-bond acceptors (Lipinski definition) is 5. The van der Waals surface area contributed by atoms with Crippen LogP contribution in [0.2, 0.25) is 0 Å². The lowest BCUT2D eigenvalue weighted by molar-refractivity contribution is -0.141. The fourth-order valence-electron chi connectivity index (χ4n) is 2.70. The average Bonchev–Trinajstić information content (AvgIpc) is 3.19. The van der Waals surface area contributed by atoms with E-state index in [1.165, 1.54) is 11.8 Å². The van der Waals surface area contributed by atoms with Gasteiger partial charge >= 0.3 is 5.97 Å². The number of nitrogens with zero attached hydrogens (tertiary/aromatic N) is 3. The summed E-state index contributed by atoms with van der Waals surface area (Å²) < 4.78 is 0.780. The zero-order valence-corrected chi connectivity index (χ0v) is 15.4. The van der Waals surface area contributed by atoms with Crippen LogP contribution in [0.25, 0.3) is 0 Å². The molecule has 2 heterocycles. The molecule has 1 aliphatic heterocycles. The number of H-pyrrole nitrogens is 1. The predicted octanol–water partition coefficient (Wildman–Crippen LogP) is 3.32. The minimum atomic E-state index is -0.859. The van der Waals surface area contributed by atoms with Crippen LogP contribution < -0.4 is 5.01 Å². The predicted molar refractivity (Wildman–Crippen MR) is 98.0 cm³/mol. The molecule has 126 valence electrons. The number of likely N-dealkylation sites (N-methyl/N-ethyl adjacent to an activating group) is 1. The molecule has 1 unspecified atom stereocenters. The fraction of sp³-hybridized carbons (Fsp3) is 0.250. The van der Waals surface area contributed by atoms with E-state index in [1.807, 2.05) is 47.3 Å². The Morgan fingerprint density at radius 1 is 1.42 bits per heavy atom. The maximum Gasteiger partial charge on any atom is 0.327 e. The number of carboxylic acids is 1. The number of aromatic nitrogens is 2. The van der Waals surface area contributed by atoms with Crippen molar-refractivity contribution in [2.75, 3.05) is 17.3 Å². The summed E-state index contributed by atoms with van der Waals surface area (Å²) in [6.45, 7) is 2.53. The Labute approximate surface area is 152 Å². The maximum absolute atomic E-state index is 11.9. The average molecular weight is 409 g/mol. The van der Waals surface area contributed by atoms with Crippen LogP contribution >= 0.6 is 27.7 Å². The maximum atomic E-state index is 11.9. The molecule has 0 saturated heterocycles. The number of anilines is 1. The van der Waals surface area contributed by atoms with Gasteiger partial charge in [-0.15, -0.1) is 0 Å². The summed E-state index contributed by atoms with van der Waals surface area (Å²) in [7, 11) is 0. The Bertz CT molecular complexity index is 736. The zero-order chi connectivity index (χ0) is 17.1. The molecule has 3 rings (SSSR count). The Hall–Kier alpha value is -1.77. The minimum Gasteiger partial charge on any atom is -0.480 e. The molecular formula is C16H17BrN4O2S. The Balaban J connectivity index is 1.94. The molecule has 0 spiro atoms. The summed E-state index contributed by atoms with van der Waals surface area (Å²) >= 11 is 5.11. The fourth-order valence-corrected chi connectivity index (χ4v) is 4.53. The first-order valence-corrected chi connectivity index (χ1v) is 9.26. The highest BCUT2D eigenvalue weighted by atomic mass is 79.9. The van der Waals surface area contributed by atoms with Gasteiger partial charge in [0.15, 0.2) is 11.2 Å². The van der Waals surface area contributed by atoms with Gasteiger partial charge in [-0.3, -0.25) is 9.80 Å². The number of aromatic amines is 1. The molecule has 6 nitrogen and oxygen atoms in total. The third-order valence-electron chi connectivity index (χ3n) is 3.73. The topological polar surface area (TPSA) is 72.5 Å². The van der Waals surface area contributed by atoms with Gasteiger partial charge in [0.05, 0.1) is 5.69 Å².